The van der Waals surface area contributed by atoms with Gasteiger partial charge in [-0.15, -0.1) is 0 Å². The zero-order valence-electron chi connectivity index (χ0n) is 15.5. The molecule has 1 aromatic carbocycles. The van der Waals surface area contributed by atoms with E-state index in [2.05, 4.69) is 11.4 Å². The fourth-order valence-corrected chi connectivity index (χ4v) is 3.07. The van der Waals surface area contributed by atoms with E-state index in [1.807, 2.05) is 20.8 Å². The molecule has 2 N–H and O–H groups in total. The number of ketones is 2. The molecular weight excluding hydrogens is 350 g/mol. The summed E-state index contributed by atoms with van der Waals surface area (Å²) in [6.07, 6.45) is 3.57. The molecule has 4 nitrogen and oxygen atoms in total. The molecule has 0 bridgehead atoms. The van der Waals surface area contributed by atoms with Crippen LogP contribution >= 0.6 is 11.6 Å². The Morgan fingerprint density at radius 3 is 2.50 bits per heavy atom. The zero-order valence-corrected chi connectivity index (χ0v) is 16.3. The number of allylic oxidation sites excluding steroid dienone is 4. The predicted molar refractivity (Wildman–Crippen MR) is 105 cm³/mol. The number of aliphatic hydroxyl groups excluding tert-OH is 1. The quantitative estimate of drug-likeness (QED) is 0.399. The summed E-state index contributed by atoms with van der Waals surface area (Å²) in [5.41, 5.74) is 2.39. The molecule has 1 unspecified atom stereocenters. The summed E-state index contributed by atoms with van der Waals surface area (Å²) in [4.78, 5) is 24.9. The number of rotatable bonds is 6. The van der Waals surface area contributed by atoms with E-state index in [1.165, 1.54) is 12.5 Å². The van der Waals surface area contributed by atoms with Crippen LogP contribution in [0.15, 0.2) is 58.5 Å². The van der Waals surface area contributed by atoms with Crippen molar-refractivity contribution in [1.82, 2.24) is 0 Å². The third kappa shape index (κ3) is 4.25. The van der Waals surface area contributed by atoms with Gasteiger partial charge in [0.1, 0.15) is 5.76 Å². The maximum atomic E-state index is 12.7. The van der Waals surface area contributed by atoms with Gasteiger partial charge < -0.3 is 10.4 Å². The maximum absolute atomic E-state index is 12.7. The summed E-state index contributed by atoms with van der Waals surface area (Å²) < 4.78 is 0. The number of anilines is 1. The van der Waals surface area contributed by atoms with Crippen LogP contribution in [0.25, 0.3) is 0 Å². The number of Topliss-reactive ketones (excluding diaryl/α,β-unsaturated/α-hetero) is 2. The van der Waals surface area contributed by atoms with Gasteiger partial charge >= 0.3 is 0 Å². The number of para-hydroxylation sites is 1. The third-order valence-corrected chi connectivity index (χ3v) is 4.76. The highest BCUT2D eigenvalue weighted by atomic mass is 35.5. The SMILES string of the molecule is CC(C)=CCCC(C)C1=C(Nc2ccccc2Cl)C(O)=C(C)C(=O)C1=O. The van der Waals surface area contributed by atoms with Crippen molar-refractivity contribution in [3.63, 3.8) is 0 Å². The van der Waals surface area contributed by atoms with Crippen LogP contribution in [0.2, 0.25) is 5.02 Å². The number of hydrogen-bond acceptors (Lipinski definition) is 4. The van der Waals surface area contributed by atoms with Crippen LogP contribution in [-0.2, 0) is 9.59 Å². The van der Waals surface area contributed by atoms with Crippen molar-refractivity contribution in [1.29, 1.82) is 0 Å². The van der Waals surface area contributed by atoms with Gasteiger partial charge in [0.15, 0.2) is 0 Å². The minimum Gasteiger partial charge on any atom is -0.505 e. The lowest BCUT2D eigenvalue weighted by atomic mass is 9.83. The van der Waals surface area contributed by atoms with Crippen molar-refractivity contribution in [2.75, 3.05) is 5.32 Å². The Bertz CT molecular complexity index is 829. The summed E-state index contributed by atoms with van der Waals surface area (Å²) >= 11 is 6.20. The second-order valence-corrected chi connectivity index (χ2v) is 7.19. The standard InChI is InChI=1S/C21H24ClNO3/c1-12(2)8-7-9-13(3)17-18(19(24)14(4)20(25)21(17)26)23-16-11-6-5-10-15(16)22/h5-6,8,10-11,13,23-24H,7,9H2,1-4H3. The van der Waals surface area contributed by atoms with Crippen LogP contribution in [0.1, 0.15) is 40.5 Å². The number of benzene rings is 1. The van der Waals surface area contributed by atoms with Crippen LogP contribution < -0.4 is 5.32 Å². The van der Waals surface area contributed by atoms with Gasteiger partial charge in [-0.05, 0) is 51.7 Å². The monoisotopic (exact) mass is 373 g/mol. The number of hydrogen-bond donors (Lipinski definition) is 2. The van der Waals surface area contributed by atoms with Gasteiger partial charge in [0.2, 0.25) is 11.6 Å². The first-order valence-electron chi connectivity index (χ1n) is 8.62. The van der Waals surface area contributed by atoms with E-state index in [9.17, 15) is 14.7 Å². The molecule has 2 rings (SSSR count). The Kier molecular flexibility index (Phi) is 6.43. The Hall–Kier alpha value is -2.33. The average molecular weight is 374 g/mol. The van der Waals surface area contributed by atoms with E-state index >= 15 is 0 Å². The molecule has 26 heavy (non-hydrogen) atoms. The van der Waals surface area contributed by atoms with Gasteiger partial charge in [0.05, 0.1) is 16.4 Å². The highest BCUT2D eigenvalue weighted by Gasteiger charge is 2.35. The van der Waals surface area contributed by atoms with Gasteiger partial charge in [-0.2, -0.15) is 0 Å². The number of halogens is 1. The van der Waals surface area contributed by atoms with Gasteiger partial charge in [-0.1, -0.05) is 42.3 Å². The second-order valence-electron chi connectivity index (χ2n) is 6.79. The normalized spacial score (nSPS) is 16.0. The van der Waals surface area contributed by atoms with Crippen LogP contribution in [0.5, 0.6) is 0 Å². The first kappa shape index (κ1) is 20.0. The lowest BCUT2D eigenvalue weighted by molar-refractivity contribution is -0.132. The second kappa shape index (κ2) is 8.37. The number of aliphatic hydroxyl groups is 1. The molecule has 0 saturated heterocycles. The van der Waals surface area contributed by atoms with Crippen molar-refractivity contribution < 1.29 is 14.7 Å². The first-order chi connectivity index (χ1) is 12.2. The topological polar surface area (TPSA) is 66.4 Å². The Morgan fingerprint density at radius 1 is 1.23 bits per heavy atom. The molecule has 0 aromatic heterocycles. The van der Waals surface area contributed by atoms with Gasteiger partial charge in [0.25, 0.3) is 0 Å². The Labute approximate surface area is 159 Å². The maximum Gasteiger partial charge on any atom is 0.232 e. The Balaban J connectivity index is 2.47. The number of carbonyl (C=O) groups excluding carboxylic acids is 2. The van der Waals surface area contributed by atoms with Crippen molar-refractivity contribution in [3.8, 4) is 0 Å². The molecule has 1 aliphatic rings. The highest BCUT2D eigenvalue weighted by Crippen LogP contribution is 2.33. The fraction of sp³-hybridized carbons (Fsp3) is 0.333. The third-order valence-electron chi connectivity index (χ3n) is 4.43. The lowest BCUT2D eigenvalue weighted by Crippen LogP contribution is -2.30. The van der Waals surface area contributed by atoms with Crippen LogP contribution in [-0.4, -0.2) is 16.7 Å². The predicted octanol–water partition coefficient (Wildman–Crippen LogP) is 5.37. The Morgan fingerprint density at radius 2 is 1.88 bits per heavy atom. The molecule has 1 aliphatic carbocycles. The van der Waals surface area contributed by atoms with Crippen LogP contribution in [0.3, 0.4) is 0 Å². The van der Waals surface area contributed by atoms with E-state index in [0.717, 1.165) is 6.42 Å². The van der Waals surface area contributed by atoms with Gasteiger partial charge in [0, 0.05) is 11.1 Å². The van der Waals surface area contributed by atoms with Gasteiger partial charge in [-0.3, -0.25) is 9.59 Å². The molecule has 0 heterocycles. The van der Waals surface area contributed by atoms with Crippen molar-refractivity contribution in [2.24, 2.45) is 5.92 Å². The minimum absolute atomic E-state index is 0.0461. The molecule has 0 saturated carbocycles. The largest absolute Gasteiger partial charge is 0.505 e. The first-order valence-corrected chi connectivity index (χ1v) is 9.00. The zero-order chi connectivity index (χ0) is 19.4. The lowest BCUT2D eigenvalue weighted by Gasteiger charge is -2.25. The molecular formula is C21H24ClNO3. The van der Waals surface area contributed by atoms with E-state index in [0.29, 0.717) is 22.7 Å². The molecule has 0 spiro atoms. The van der Waals surface area contributed by atoms with Crippen LogP contribution in [0, 0.1) is 5.92 Å². The molecule has 138 valence electrons. The smallest absolute Gasteiger partial charge is 0.232 e. The van der Waals surface area contributed by atoms with Crippen molar-refractivity contribution in [2.45, 2.75) is 40.5 Å². The number of carbonyl (C=O) groups is 2. The van der Waals surface area contributed by atoms with Crippen LogP contribution in [0.4, 0.5) is 5.69 Å². The molecule has 0 radical (unpaired) electrons. The van der Waals surface area contributed by atoms with E-state index in [1.54, 1.807) is 24.3 Å². The van der Waals surface area contributed by atoms with E-state index in [-0.39, 0.29) is 22.9 Å². The summed E-state index contributed by atoms with van der Waals surface area (Å²) in [5, 5.41) is 14.1. The summed E-state index contributed by atoms with van der Waals surface area (Å²) in [5.74, 6) is -1.61. The molecule has 5 heteroatoms. The summed E-state index contributed by atoms with van der Waals surface area (Å²) in [7, 11) is 0. The van der Waals surface area contributed by atoms with Crippen molar-refractivity contribution >= 4 is 28.9 Å². The average Bonchev–Trinajstić information content (AvgIpc) is 2.59. The van der Waals surface area contributed by atoms with E-state index in [4.69, 9.17) is 11.6 Å². The summed E-state index contributed by atoms with van der Waals surface area (Å²) in [6, 6.07) is 7.06. The number of nitrogens with one attached hydrogen (secondary N) is 1. The fourth-order valence-electron chi connectivity index (χ4n) is 2.89. The highest BCUT2D eigenvalue weighted by molar-refractivity contribution is 6.50. The molecule has 0 amide bonds. The minimum atomic E-state index is -0.656. The van der Waals surface area contributed by atoms with Crippen molar-refractivity contribution in [3.05, 3.63) is 63.5 Å². The molecule has 0 aliphatic heterocycles. The van der Waals surface area contributed by atoms with Gasteiger partial charge in [-0.25, -0.2) is 0 Å². The summed E-state index contributed by atoms with van der Waals surface area (Å²) in [6.45, 7) is 7.37. The molecule has 1 atom stereocenters. The van der Waals surface area contributed by atoms with E-state index < -0.39 is 11.6 Å². The molecule has 1 aromatic rings. The molecule has 0 fully saturated rings.